The van der Waals surface area contributed by atoms with E-state index in [1.165, 1.54) is 79.4 Å². The smallest absolute Gasteiger partial charge is 0.134 e. The van der Waals surface area contributed by atoms with Crippen LogP contribution in [0.25, 0.3) is 48.1 Å². The van der Waals surface area contributed by atoms with Gasteiger partial charge in [0.05, 0.1) is 17.2 Å². The zero-order valence-electron chi connectivity index (χ0n) is 31.8. The maximum absolute atomic E-state index is 5.28. The van der Waals surface area contributed by atoms with E-state index in [1.54, 1.807) is 0 Å². The van der Waals surface area contributed by atoms with Gasteiger partial charge < -0.3 is 5.32 Å². The van der Waals surface area contributed by atoms with Crippen molar-refractivity contribution in [3.63, 3.8) is 0 Å². The molecule has 1 atom stereocenters. The molecule has 1 N–H and O–H groups in total. The van der Waals surface area contributed by atoms with Crippen molar-refractivity contribution in [2.45, 2.75) is 18.4 Å². The van der Waals surface area contributed by atoms with Gasteiger partial charge in [-0.1, -0.05) is 164 Å². The Bertz CT molecular complexity index is 3090. The van der Waals surface area contributed by atoms with Crippen molar-refractivity contribution >= 4 is 65.6 Å². The van der Waals surface area contributed by atoms with E-state index in [-0.39, 0.29) is 6.04 Å². The van der Waals surface area contributed by atoms with E-state index in [4.69, 9.17) is 4.99 Å². The van der Waals surface area contributed by atoms with Crippen LogP contribution in [0.15, 0.2) is 199 Å². The number of aryl methyl sites for hydroxylation is 1. The summed E-state index contributed by atoms with van der Waals surface area (Å²) in [7, 11) is 0. The average Bonchev–Trinajstić information content (AvgIpc) is 3.80. The fourth-order valence-electron chi connectivity index (χ4n) is 9.37. The van der Waals surface area contributed by atoms with Crippen LogP contribution in [0.1, 0.15) is 50.5 Å². The molecule has 4 heteroatoms. The molecule has 1 aliphatic carbocycles. The molecular weight excluding hydrogens is 836 g/mol. The van der Waals surface area contributed by atoms with Crippen LogP contribution >= 0.6 is 33.9 Å². The van der Waals surface area contributed by atoms with Gasteiger partial charge in [0.1, 0.15) is 5.84 Å². The van der Waals surface area contributed by atoms with Crippen molar-refractivity contribution < 1.29 is 0 Å². The predicted molar refractivity (Wildman–Crippen MR) is 253 cm³/mol. The molecule has 0 saturated heterocycles. The Kier molecular flexibility index (Phi) is 8.53. The van der Waals surface area contributed by atoms with Crippen LogP contribution in [0.5, 0.6) is 0 Å². The van der Waals surface area contributed by atoms with Gasteiger partial charge in [0.25, 0.3) is 0 Å². The highest BCUT2D eigenvalue weighted by Crippen LogP contribution is 2.57. The summed E-state index contributed by atoms with van der Waals surface area (Å²) in [6, 6.07) is 68.9. The zero-order valence-corrected chi connectivity index (χ0v) is 34.8. The number of benzene rings is 8. The van der Waals surface area contributed by atoms with E-state index in [0.717, 1.165) is 22.7 Å². The molecule has 8 aromatic carbocycles. The summed E-state index contributed by atoms with van der Waals surface area (Å²) in [5.41, 5.74) is 15.5. The number of fused-ring (bicyclic) bond motifs is 6. The molecule has 2 nitrogen and oxygen atoms in total. The molecule has 1 aliphatic heterocycles. The first-order valence-electron chi connectivity index (χ1n) is 19.8. The van der Waals surface area contributed by atoms with Crippen molar-refractivity contribution in [2.75, 3.05) is 0 Å². The fourth-order valence-corrected chi connectivity index (χ4v) is 11.4. The Morgan fingerprint density at radius 2 is 1.16 bits per heavy atom. The molecule has 1 aromatic heterocycles. The van der Waals surface area contributed by atoms with E-state index >= 15 is 0 Å². The number of thiophene rings is 1. The number of aliphatic imine (C=N–C) groups is 1. The molecule has 58 heavy (non-hydrogen) atoms. The van der Waals surface area contributed by atoms with E-state index in [1.807, 2.05) is 11.3 Å². The highest BCUT2D eigenvalue weighted by Gasteiger charge is 2.47. The molecule has 2 aliphatic rings. The fraction of sp³-hybridized carbons (Fsp3) is 0.0556. The number of hydrogen-bond donors (Lipinski definition) is 1. The molecule has 0 fully saturated rings. The minimum absolute atomic E-state index is 0.0454. The second kappa shape index (κ2) is 14.1. The van der Waals surface area contributed by atoms with Crippen molar-refractivity contribution in [1.29, 1.82) is 0 Å². The Morgan fingerprint density at radius 1 is 0.517 bits per heavy atom. The maximum atomic E-state index is 5.28. The molecular formula is C54H37IN2S. The van der Waals surface area contributed by atoms with Crippen molar-refractivity contribution in [3.05, 3.63) is 242 Å². The van der Waals surface area contributed by atoms with Crippen LogP contribution in [0.4, 0.5) is 0 Å². The number of hydrogen-bond acceptors (Lipinski definition) is 3. The molecule has 1 unspecified atom stereocenters. The maximum Gasteiger partial charge on any atom is 0.134 e. The Balaban J connectivity index is 1.02. The van der Waals surface area contributed by atoms with Crippen molar-refractivity contribution in [2.24, 2.45) is 4.99 Å². The third kappa shape index (κ3) is 5.61. The topological polar surface area (TPSA) is 24.4 Å². The van der Waals surface area contributed by atoms with Gasteiger partial charge in [0, 0.05) is 34.9 Å². The second-order valence-electron chi connectivity index (χ2n) is 15.3. The number of nitrogens with zero attached hydrogens (tertiary/aromatic N) is 1. The van der Waals surface area contributed by atoms with Gasteiger partial charge in [-0.3, -0.25) is 0 Å². The Morgan fingerprint density at radius 3 is 1.93 bits per heavy atom. The first kappa shape index (κ1) is 35.1. The van der Waals surface area contributed by atoms with Crippen LogP contribution in [0.2, 0.25) is 0 Å². The first-order chi connectivity index (χ1) is 28.6. The predicted octanol–water partition coefficient (Wildman–Crippen LogP) is 14.1. The minimum Gasteiger partial charge on any atom is -0.359 e. The molecule has 2 heterocycles. The first-order valence-corrected chi connectivity index (χ1v) is 21.7. The van der Waals surface area contributed by atoms with Gasteiger partial charge in [-0.05, 0) is 115 Å². The molecule has 0 saturated carbocycles. The van der Waals surface area contributed by atoms with Crippen LogP contribution < -0.4 is 5.32 Å². The van der Waals surface area contributed by atoms with Crippen LogP contribution in [0, 0.1) is 10.5 Å². The molecule has 0 radical (unpaired) electrons. The van der Waals surface area contributed by atoms with E-state index < -0.39 is 5.41 Å². The molecule has 11 rings (SSSR count). The molecule has 0 bridgehead atoms. The lowest BCUT2D eigenvalue weighted by Crippen LogP contribution is -2.31. The van der Waals surface area contributed by atoms with Gasteiger partial charge in [-0.15, -0.1) is 11.3 Å². The quantitative estimate of drug-likeness (QED) is 0.165. The summed E-state index contributed by atoms with van der Waals surface area (Å²) in [6.07, 6.45) is 2.29. The lowest BCUT2D eigenvalue weighted by Gasteiger charge is -2.36. The van der Waals surface area contributed by atoms with Gasteiger partial charge in [-0.25, -0.2) is 4.99 Å². The summed E-state index contributed by atoms with van der Waals surface area (Å²) < 4.78 is 3.85. The SMILES string of the molecule is Cc1ccccc1C1(c2ccc(-c3cccc(C4=CC(c5ccc6c(c5)sc5ccccc56)NC(c5ccccc5)=N4)c3)cc2I)c2ccccc2-c2ccccc21. The van der Waals surface area contributed by atoms with E-state index in [0.29, 0.717) is 0 Å². The van der Waals surface area contributed by atoms with Crippen LogP contribution in [-0.4, -0.2) is 5.84 Å². The van der Waals surface area contributed by atoms with Gasteiger partial charge in [0.15, 0.2) is 0 Å². The minimum atomic E-state index is -0.439. The summed E-state index contributed by atoms with van der Waals surface area (Å²) in [5.74, 6) is 0.877. The van der Waals surface area contributed by atoms with Gasteiger partial charge >= 0.3 is 0 Å². The summed E-state index contributed by atoms with van der Waals surface area (Å²) >= 11 is 4.44. The number of nitrogens with one attached hydrogen (secondary N) is 1. The second-order valence-corrected chi connectivity index (χ2v) is 17.5. The van der Waals surface area contributed by atoms with Gasteiger partial charge in [0.2, 0.25) is 0 Å². The highest BCUT2D eigenvalue weighted by molar-refractivity contribution is 14.1. The molecule has 276 valence electrons. The molecule has 0 amide bonds. The number of amidine groups is 1. The third-order valence-corrected chi connectivity index (χ3v) is 14.1. The average molecular weight is 873 g/mol. The van der Waals surface area contributed by atoms with Gasteiger partial charge in [-0.2, -0.15) is 0 Å². The lowest BCUT2D eigenvalue weighted by atomic mass is 9.66. The van der Waals surface area contributed by atoms with E-state index in [2.05, 4.69) is 229 Å². The lowest BCUT2D eigenvalue weighted by molar-refractivity contribution is 0.756. The van der Waals surface area contributed by atoms with E-state index in [9.17, 15) is 0 Å². The normalized spacial score (nSPS) is 15.4. The van der Waals surface area contributed by atoms with Crippen molar-refractivity contribution in [3.8, 4) is 22.3 Å². The van der Waals surface area contributed by atoms with Crippen molar-refractivity contribution in [1.82, 2.24) is 5.32 Å². The standard InChI is InChI=1S/C54H37IN2S/c1-34-14-5-9-22-44(34)54(45-23-10-6-19-40(45)41-20-7-11-24-46(41)54)47-29-27-37(31-48(47)55)36-17-13-18-38(30-36)49-33-50(57-53(56-49)35-15-3-2-4-16-35)39-26-28-43-42-21-8-12-25-51(42)58-52(43)32-39/h2-33,50H,1H3,(H,56,57). The number of rotatable bonds is 6. The Labute approximate surface area is 356 Å². The highest BCUT2D eigenvalue weighted by atomic mass is 127. The largest absolute Gasteiger partial charge is 0.359 e. The summed E-state index contributed by atoms with van der Waals surface area (Å²) in [5, 5.41) is 6.41. The van der Waals surface area contributed by atoms with Crippen LogP contribution in [0.3, 0.4) is 0 Å². The summed E-state index contributed by atoms with van der Waals surface area (Å²) in [4.78, 5) is 5.28. The summed E-state index contributed by atoms with van der Waals surface area (Å²) in [6.45, 7) is 2.25. The molecule has 0 spiro atoms. The number of halogens is 1. The zero-order chi connectivity index (χ0) is 38.8. The van der Waals surface area contributed by atoms with Crippen LogP contribution in [-0.2, 0) is 5.41 Å². The monoisotopic (exact) mass is 872 g/mol. The molecule has 9 aromatic rings. The Hall–Kier alpha value is -6.08. The third-order valence-electron chi connectivity index (χ3n) is 12.0.